The number of hydrogen-bond donors (Lipinski definition) is 2. The molecule has 0 radical (unpaired) electrons. The molecular weight excluding hydrogens is 240 g/mol. The first-order valence-corrected chi connectivity index (χ1v) is 6.13. The Balaban J connectivity index is 2.43. The molecule has 0 spiro atoms. The van der Waals surface area contributed by atoms with E-state index in [4.69, 9.17) is 5.73 Å². The molecule has 1 heterocycles. The van der Waals surface area contributed by atoms with Crippen LogP contribution >= 0.6 is 0 Å². The van der Waals surface area contributed by atoms with Crippen LogP contribution in [-0.4, -0.2) is 22.7 Å². The fraction of sp³-hybridized carbons (Fsp3) is 0.286. The van der Waals surface area contributed by atoms with E-state index in [1.165, 1.54) is 0 Å². The molecule has 1 aromatic carbocycles. The van der Waals surface area contributed by atoms with E-state index < -0.39 is 11.4 Å². The molecule has 3 N–H and O–H groups in total. The van der Waals surface area contributed by atoms with Crippen LogP contribution in [0.4, 0.5) is 0 Å². The van der Waals surface area contributed by atoms with Crippen molar-refractivity contribution in [3.63, 3.8) is 0 Å². The zero-order valence-electron chi connectivity index (χ0n) is 11.1. The lowest BCUT2D eigenvalue weighted by atomic mass is 9.89. The van der Waals surface area contributed by atoms with Crippen molar-refractivity contribution < 1.29 is 4.79 Å². The van der Waals surface area contributed by atoms with E-state index in [1.807, 2.05) is 49.5 Å². The van der Waals surface area contributed by atoms with Crippen molar-refractivity contribution in [2.24, 2.45) is 5.73 Å². The third-order valence-corrected chi connectivity index (χ3v) is 3.29. The lowest BCUT2D eigenvalue weighted by molar-refractivity contribution is -0.125. The maximum atomic E-state index is 12.0. The van der Waals surface area contributed by atoms with Gasteiger partial charge in [-0.25, -0.2) is 0 Å². The number of nitrogens with zero attached hydrogens (tertiary/aromatic N) is 2. The van der Waals surface area contributed by atoms with Gasteiger partial charge in [-0.1, -0.05) is 30.3 Å². The Morgan fingerprint density at radius 2 is 2.05 bits per heavy atom. The minimum Gasteiger partial charge on any atom is -0.368 e. The molecule has 0 fully saturated rings. The van der Waals surface area contributed by atoms with E-state index in [1.54, 1.807) is 11.7 Å². The van der Waals surface area contributed by atoms with E-state index in [0.29, 0.717) is 6.54 Å². The van der Waals surface area contributed by atoms with Crippen molar-refractivity contribution in [1.29, 1.82) is 0 Å². The average Bonchev–Trinajstić information content (AvgIpc) is 2.82. The van der Waals surface area contributed by atoms with Gasteiger partial charge in [0.25, 0.3) is 0 Å². The second-order valence-corrected chi connectivity index (χ2v) is 4.54. The third kappa shape index (κ3) is 2.51. The number of primary amides is 1. The van der Waals surface area contributed by atoms with E-state index in [0.717, 1.165) is 11.3 Å². The van der Waals surface area contributed by atoms with Gasteiger partial charge < -0.3 is 11.1 Å². The smallest absolute Gasteiger partial charge is 0.244 e. The Morgan fingerprint density at radius 3 is 2.53 bits per heavy atom. The van der Waals surface area contributed by atoms with Crippen molar-refractivity contribution >= 4 is 5.91 Å². The third-order valence-electron chi connectivity index (χ3n) is 3.29. The fourth-order valence-electron chi connectivity index (χ4n) is 2.17. The molecule has 1 aromatic heterocycles. The van der Waals surface area contributed by atoms with Crippen molar-refractivity contribution in [1.82, 2.24) is 15.1 Å². The number of rotatable bonds is 5. The van der Waals surface area contributed by atoms with Gasteiger partial charge in [0.1, 0.15) is 5.54 Å². The molecule has 0 aliphatic rings. The van der Waals surface area contributed by atoms with Crippen molar-refractivity contribution in [2.45, 2.75) is 19.0 Å². The summed E-state index contributed by atoms with van der Waals surface area (Å²) < 4.78 is 1.73. The number of aromatic nitrogens is 2. The van der Waals surface area contributed by atoms with Crippen LogP contribution in [0.5, 0.6) is 0 Å². The first-order valence-electron chi connectivity index (χ1n) is 6.13. The maximum Gasteiger partial charge on any atom is 0.244 e. The predicted octanol–water partition coefficient (Wildman–Crippen LogP) is 0.792. The summed E-state index contributed by atoms with van der Waals surface area (Å²) in [7, 11) is 1.73. The van der Waals surface area contributed by atoms with Crippen molar-refractivity contribution in [2.75, 3.05) is 7.05 Å². The number of likely N-dealkylation sites (N-methyl/N-ethyl adjacent to an activating group) is 1. The van der Waals surface area contributed by atoms with Crippen LogP contribution in [0.3, 0.4) is 0 Å². The van der Waals surface area contributed by atoms with Crippen LogP contribution in [0.15, 0.2) is 42.6 Å². The molecule has 1 unspecified atom stereocenters. The van der Waals surface area contributed by atoms with Crippen LogP contribution in [-0.2, 0) is 16.9 Å². The van der Waals surface area contributed by atoms with Gasteiger partial charge in [0.15, 0.2) is 0 Å². The normalized spacial score (nSPS) is 14.0. The quantitative estimate of drug-likeness (QED) is 0.833. The number of nitrogens with two attached hydrogens (primary N) is 1. The summed E-state index contributed by atoms with van der Waals surface area (Å²) in [6, 6.07) is 11.3. The van der Waals surface area contributed by atoms with Gasteiger partial charge in [0.05, 0.1) is 12.2 Å². The fourth-order valence-corrected chi connectivity index (χ4v) is 2.17. The van der Waals surface area contributed by atoms with Gasteiger partial charge in [-0.05, 0) is 25.6 Å². The second kappa shape index (κ2) is 5.24. The molecule has 2 aromatic rings. The summed E-state index contributed by atoms with van der Waals surface area (Å²) in [5.74, 6) is -0.422. The summed E-state index contributed by atoms with van der Waals surface area (Å²) in [5, 5.41) is 7.37. The van der Waals surface area contributed by atoms with Crippen LogP contribution in [0.1, 0.15) is 11.3 Å². The lowest BCUT2D eigenvalue weighted by Crippen LogP contribution is -2.54. The van der Waals surface area contributed by atoms with Gasteiger partial charge in [-0.15, -0.1) is 0 Å². The first-order chi connectivity index (χ1) is 9.08. The largest absolute Gasteiger partial charge is 0.368 e. The SMILES string of the molecule is CNC(Cn1ccc(C)n1)(C(N)=O)c1ccccc1. The monoisotopic (exact) mass is 258 g/mol. The standard InChI is InChI=1S/C14H18N4O/c1-11-8-9-18(17-11)10-14(16-2,13(15)19)12-6-4-3-5-7-12/h3-9,16H,10H2,1-2H3,(H2,15,19). The topological polar surface area (TPSA) is 72.9 Å². The molecule has 19 heavy (non-hydrogen) atoms. The van der Waals surface area contributed by atoms with Crippen LogP contribution < -0.4 is 11.1 Å². The number of amides is 1. The molecule has 0 aliphatic carbocycles. The van der Waals surface area contributed by atoms with Crippen LogP contribution in [0.25, 0.3) is 0 Å². The van der Waals surface area contributed by atoms with Crippen LogP contribution in [0.2, 0.25) is 0 Å². The molecule has 0 saturated heterocycles. The lowest BCUT2D eigenvalue weighted by Gasteiger charge is -2.30. The van der Waals surface area contributed by atoms with E-state index in [-0.39, 0.29) is 0 Å². The summed E-state index contributed by atoms with van der Waals surface area (Å²) in [6.07, 6.45) is 1.84. The second-order valence-electron chi connectivity index (χ2n) is 4.54. The number of nitrogens with one attached hydrogen (secondary N) is 1. The molecule has 0 saturated carbocycles. The molecule has 5 heteroatoms. The summed E-state index contributed by atoms with van der Waals surface area (Å²) in [6.45, 7) is 2.26. The minimum atomic E-state index is -0.959. The van der Waals surface area contributed by atoms with Gasteiger partial charge >= 0.3 is 0 Å². The summed E-state index contributed by atoms with van der Waals surface area (Å²) in [5.41, 5.74) is 6.40. The Kier molecular flexibility index (Phi) is 3.66. The molecule has 2 rings (SSSR count). The highest BCUT2D eigenvalue weighted by Gasteiger charge is 2.37. The Bertz CT molecular complexity index is 564. The van der Waals surface area contributed by atoms with E-state index in [9.17, 15) is 4.79 Å². The average molecular weight is 258 g/mol. The number of aryl methyl sites for hydroxylation is 1. The molecule has 100 valence electrons. The van der Waals surface area contributed by atoms with Crippen molar-refractivity contribution in [3.8, 4) is 0 Å². The first kappa shape index (κ1) is 13.3. The van der Waals surface area contributed by atoms with Crippen molar-refractivity contribution in [3.05, 3.63) is 53.9 Å². The van der Waals surface area contributed by atoms with Crippen LogP contribution in [0, 0.1) is 6.92 Å². The number of benzene rings is 1. The van der Waals surface area contributed by atoms with Gasteiger partial charge in [-0.3, -0.25) is 9.48 Å². The number of carbonyl (C=O) groups excluding carboxylic acids is 1. The zero-order valence-corrected chi connectivity index (χ0v) is 11.1. The Morgan fingerprint density at radius 1 is 1.37 bits per heavy atom. The Hall–Kier alpha value is -2.14. The molecular formula is C14H18N4O. The molecule has 5 nitrogen and oxygen atoms in total. The van der Waals surface area contributed by atoms with Gasteiger partial charge in [-0.2, -0.15) is 5.10 Å². The Labute approximate surface area is 112 Å². The maximum absolute atomic E-state index is 12.0. The number of carbonyl (C=O) groups is 1. The predicted molar refractivity (Wildman–Crippen MR) is 73.3 cm³/mol. The van der Waals surface area contributed by atoms with E-state index >= 15 is 0 Å². The molecule has 0 bridgehead atoms. The highest BCUT2D eigenvalue weighted by molar-refractivity contribution is 5.86. The highest BCUT2D eigenvalue weighted by Crippen LogP contribution is 2.22. The zero-order chi connectivity index (χ0) is 13.9. The molecule has 1 atom stereocenters. The molecule has 1 amide bonds. The summed E-state index contributed by atoms with van der Waals surface area (Å²) >= 11 is 0. The molecule has 0 aliphatic heterocycles. The van der Waals surface area contributed by atoms with Gasteiger partial charge in [0, 0.05) is 6.20 Å². The minimum absolute atomic E-state index is 0.358. The highest BCUT2D eigenvalue weighted by atomic mass is 16.1. The number of hydrogen-bond acceptors (Lipinski definition) is 3. The van der Waals surface area contributed by atoms with E-state index in [2.05, 4.69) is 10.4 Å². The van der Waals surface area contributed by atoms with Gasteiger partial charge in [0.2, 0.25) is 5.91 Å². The summed E-state index contributed by atoms with van der Waals surface area (Å²) in [4.78, 5) is 12.0.